The third kappa shape index (κ3) is 4.31. The van der Waals surface area contributed by atoms with Gasteiger partial charge in [-0.2, -0.15) is 0 Å². The standard InChI is InChI=1S/C25H19NO7/c1-3-15-7-12-21-20(13-15)22(27)24(23(32-21)16-8-10-19(31-2)11-9-16)33-25(28)17-5-4-6-18(14-17)26(29)30/h4-14H,3H2,1-2H3. The normalized spacial score (nSPS) is 10.7. The average Bonchev–Trinajstić information content (AvgIpc) is 2.85. The first kappa shape index (κ1) is 21.8. The number of rotatable bonds is 6. The van der Waals surface area contributed by atoms with E-state index in [0.717, 1.165) is 11.6 Å². The second-order valence-electron chi connectivity index (χ2n) is 7.20. The van der Waals surface area contributed by atoms with Crippen LogP contribution in [-0.2, 0) is 6.42 Å². The fourth-order valence-corrected chi connectivity index (χ4v) is 3.37. The summed E-state index contributed by atoms with van der Waals surface area (Å²) in [5, 5.41) is 11.3. The summed E-state index contributed by atoms with van der Waals surface area (Å²) in [7, 11) is 1.53. The molecule has 166 valence electrons. The number of nitro groups is 1. The van der Waals surface area contributed by atoms with Gasteiger partial charge in [0.1, 0.15) is 11.3 Å². The Labute approximate surface area is 188 Å². The van der Waals surface area contributed by atoms with Crippen LogP contribution in [0.15, 0.2) is 75.9 Å². The van der Waals surface area contributed by atoms with Gasteiger partial charge in [-0.3, -0.25) is 14.9 Å². The van der Waals surface area contributed by atoms with Crippen molar-refractivity contribution in [1.82, 2.24) is 0 Å². The van der Waals surface area contributed by atoms with E-state index in [2.05, 4.69) is 0 Å². The molecule has 0 radical (unpaired) electrons. The molecule has 0 saturated carbocycles. The fourth-order valence-electron chi connectivity index (χ4n) is 3.37. The first-order chi connectivity index (χ1) is 15.9. The number of carbonyl (C=O) groups is 1. The SMILES string of the molecule is CCc1ccc2oc(-c3ccc(OC)cc3)c(OC(=O)c3cccc([N+](=O)[O-])c3)c(=O)c2c1. The van der Waals surface area contributed by atoms with E-state index in [1.54, 1.807) is 36.4 Å². The predicted octanol–water partition coefficient (Wildman–Crippen LogP) is 5.16. The van der Waals surface area contributed by atoms with Gasteiger partial charge in [-0.1, -0.05) is 19.1 Å². The maximum atomic E-state index is 13.4. The zero-order chi connectivity index (χ0) is 23.5. The minimum Gasteiger partial charge on any atom is -0.497 e. The minimum atomic E-state index is -0.910. The van der Waals surface area contributed by atoms with Crippen LogP contribution in [0, 0.1) is 10.1 Å². The van der Waals surface area contributed by atoms with Crippen LogP contribution in [0.1, 0.15) is 22.8 Å². The number of hydrogen-bond acceptors (Lipinski definition) is 7. The highest BCUT2D eigenvalue weighted by Gasteiger charge is 2.22. The van der Waals surface area contributed by atoms with Gasteiger partial charge < -0.3 is 13.9 Å². The summed E-state index contributed by atoms with van der Waals surface area (Å²) in [6.45, 7) is 1.96. The lowest BCUT2D eigenvalue weighted by atomic mass is 10.1. The number of ether oxygens (including phenoxy) is 2. The number of benzene rings is 3. The van der Waals surface area contributed by atoms with Gasteiger partial charge in [-0.15, -0.1) is 0 Å². The molecule has 0 N–H and O–H groups in total. The monoisotopic (exact) mass is 445 g/mol. The number of aryl methyl sites for hydroxylation is 1. The van der Waals surface area contributed by atoms with E-state index in [1.807, 2.05) is 13.0 Å². The molecule has 3 aromatic carbocycles. The van der Waals surface area contributed by atoms with Gasteiger partial charge in [0.25, 0.3) is 5.69 Å². The quantitative estimate of drug-likeness (QED) is 0.229. The average molecular weight is 445 g/mol. The number of nitro benzene ring substituents is 1. The summed E-state index contributed by atoms with van der Waals surface area (Å²) in [5.41, 5.74) is 0.915. The van der Waals surface area contributed by atoms with Crippen LogP contribution in [0.25, 0.3) is 22.3 Å². The van der Waals surface area contributed by atoms with Crippen LogP contribution >= 0.6 is 0 Å². The molecule has 0 unspecified atom stereocenters. The number of non-ortho nitro benzene ring substituents is 1. The van der Waals surface area contributed by atoms with Crippen molar-refractivity contribution in [3.05, 3.63) is 98.2 Å². The highest BCUT2D eigenvalue weighted by atomic mass is 16.6. The Hall–Kier alpha value is -4.46. The first-order valence-corrected chi connectivity index (χ1v) is 10.1. The third-order valence-electron chi connectivity index (χ3n) is 5.16. The van der Waals surface area contributed by atoms with Crippen LogP contribution < -0.4 is 14.9 Å². The molecule has 0 aliphatic heterocycles. The number of hydrogen-bond donors (Lipinski definition) is 0. The van der Waals surface area contributed by atoms with E-state index in [-0.39, 0.29) is 28.1 Å². The lowest BCUT2D eigenvalue weighted by molar-refractivity contribution is -0.384. The molecule has 0 fully saturated rings. The number of methoxy groups -OCH3 is 1. The molecule has 1 aromatic heterocycles. The molecule has 0 aliphatic rings. The van der Waals surface area contributed by atoms with Gasteiger partial charge in [0, 0.05) is 17.7 Å². The predicted molar refractivity (Wildman–Crippen MR) is 122 cm³/mol. The molecule has 0 amide bonds. The van der Waals surface area contributed by atoms with E-state index in [0.29, 0.717) is 23.3 Å². The molecule has 8 nitrogen and oxygen atoms in total. The second kappa shape index (κ2) is 8.96. The van der Waals surface area contributed by atoms with Crippen molar-refractivity contribution in [1.29, 1.82) is 0 Å². The van der Waals surface area contributed by atoms with Gasteiger partial charge >= 0.3 is 5.97 Å². The zero-order valence-corrected chi connectivity index (χ0v) is 17.9. The second-order valence-corrected chi connectivity index (χ2v) is 7.20. The Kier molecular flexibility index (Phi) is 5.91. The van der Waals surface area contributed by atoms with Gasteiger partial charge in [-0.25, -0.2) is 4.79 Å². The lowest BCUT2D eigenvalue weighted by Gasteiger charge is -2.11. The molecule has 0 saturated heterocycles. The molecule has 0 spiro atoms. The topological polar surface area (TPSA) is 109 Å². The van der Waals surface area contributed by atoms with Crippen molar-refractivity contribution in [2.24, 2.45) is 0 Å². The van der Waals surface area contributed by atoms with Crippen LogP contribution in [0.3, 0.4) is 0 Å². The highest BCUT2D eigenvalue weighted by molar-refractivity contribution is 5.93. The Morgan fingerprint density at radius 1 is 1.06 bits per heavy atom. The van der Waals surface area contributed by atoms with Gasteiger partial charge in [0.05, 0.1) is 23.0 Å². The van der Waals surface area contributed by atoms with E-state index in [1.165, 1.54) is 25.3 Å². The molecule has 0 atom stereocenters. The molecular formula is C25H19NO7. The Morgan fingerprint density at radius 3 is 2.48 bits per heavy atom. The number of fused-ring (bicyclic) bond motifs is 1. The van der Waals surface area contributed by atoms with Crippen molar-refractivity contribution in [3.63, 3.8) is 0 Å². The Balaban J connectivity index is 1.87. The van der Waals surface area contributed by atoms with Crippen LogP contribution in [0.4, 0.5) is 5.69 Å². The Bertz CT molecular complexity index is 1420. The molecule has 0 bridgehead atoms. The molecule has 1 heterocycles. The van der Waals surface area contributed by atoms with Gasteiger partial charge in [0.15, 0.2) is 5.76 Å². The fraction of sp³-hybridized carbons (Fsp3) is 0.120. The van der Waals surface area contributed by atoms with Gasteiger partial charge in [0.2, 0.25) is 11.2 Å². The summed E-state index contributed by atoms with van der Waals surface area (Å²) in [5.74, 6) is -0.535. The molecule has 4 aromatic rings. The van der Waals surface area contributed by atoms with Crippen LogP contribution in [0.5, 0.6) is 11.5 Å². The van der Waals surface area contributed by atoms with Crippen molar-refractivity contribution in [2.75, 3.05) is 7.11 Å². The van der Waals surface area contributed by atoms with Crippen molar-refractivity contribution in [3.8, 4) is 22.8 Å². The number of carbonyl (C=O) groups excluding carboxylic acids is 1. The summed E-state index contributed by atoms with van der Waals surface area (Å²) < 4.78 is 16.7. The van der Waals surface area contributed by atoms with E-state index < -0.39 is 16.3 Å². The molecule has 0 aliphatic carbocycles. The molecule has 4 rings (SSSR count). The smallest absolute Gasteiger partial charge is 0.344 e. The van der Waals surface area contributed by atoms with Crippen molar-refractivity contribution < 1.29 is 23.6 Å². The zero-order valence-electron chi connectivity index (χ0n) is 17.9. The molecule has 33 heavy (non-hydrogen) atoms. The van der Waals surface area contributed by atoms with Crippen LogP contribution in [0.2, 0.25) is 0 Å². The number of nitrogens with zero attached hydrogens (tertiary/aromatic N) is 1. The highest BCUT2D eigenvalue weighted by Crippen LogP contribution is 2.33. The van der Waals surface area contributed by atoms with Crippen molar-refractivity contribution in [2.45, 2.75) is 13.3 Å². The van der Waals surface area contributed by atoms with E-state index in [9.17, 15) is 19.7 Å². The molecular weight excluding hydrogens is 426 g/mol. The van der Waals surface area contributed by atoms with Crippen molar-refractivity contribution >= 4 is 22.6 Å². The largest absolute Gasteiger partial charge is 0.497 e. The summed E-state index contributed by atoms with van der Waals surface area (Å²) >= 11 is 0. The molecule has 8 heteroatoms. The summed E-state index contributed by atoms with van der Waals surface area (Å²) in [4.78, 5) is 36.7. The summed E-state index contributed by atoms with van der Waals surface area (Å²) in [6, 6.07) is 17.1. The maximum Gasteiger partial charge on any atom is 0.344 e. The minimum absolute atomic E-state index is 0.0633. The van der Waals surface area contributed by atoms with Gasteiger partial charge in [-0.05, 0) is 54.4 Å². The number of esters is 1. The third-order valence-corrected chi connectivity index (χ3v) is 5.16. The first-order valence-electron chi connectivity index (χ1n) is 10.1. The van der Waals surface area contributed by atoms with E-state index >= 15 is 0 Å². The van der Waals surface area contributed by atoms with Crippen LogP contribution in [-0.4, -0.2) is 18.0 Å². The van der Waals surface area contributed by atoms with E-state index in [4.69, 9.17) is 13.9 Å². The lowest BCUT2D eigenvalue weighted by Crippen LogP contribution is -2.16. The maximum absolute atomic E-state index is 13.4. The summed E-state index contributed by atoms with van der Waals surface area (Å²) in [6.07, 6.45) is 0.707. The Morgan fingerprint density at radius 2 is 1.82 bits per heavy atom.